The highest BCUT2D eigenvalue weighted by Crippen LogP contribution is 2.31. The Bertz CT molecular complexity index is 306. The van der Waals surface area contributed by atoms with Gasteiger partial charge < -0.3 is 9.84 Å². The Kier molecular flexibility index (Phi) is 5.16. The summed E-state index contributed by atoms with van der Waals surface area (Å²) in [6, 6.07) is 8.13. The van der Waals surface area contributed by atoms with Crippen LogP contribution in [0.4, 0.5) is 0 Å². The van der Waals surface area contributed by atoms with Gasteiger partial charge in [0.05, 0.1) is 7.11 Å². The minimum Gasteiger partial charge on any atom is -0.497 e. The minimum absolute atomic E-state index is 0.134. The topological polar surface area (TPSA) is 29.5 Å². The van der Waals surface area contributed by atoms with Crippen molar-refractivity contribution < 1.29 is 9.84 Å². The molecule has 0 saturated heterocycles. The summed E-state index contributed by atoms with van der Waals surface area (Å²) in [5, 5.41) is 8.94. The summed E-state index contributed by atoms with van der Waals surface area (Å²) in [7, 11) is 1.67. The molecular weight excluding hydrogens is 220 g/mol. The Labute approximate surface area is 102 Å². The van der Waals surface area contributed by atoms with E-state index in [0.717, 1.165) is 17.9 Å². The molecule has 0 radical (unpaired) electrons. The van der Waals surface area contributed by atoms with Gasteiger partial charge in [-0.1, -0.05) is 26.0 Å². The average Bonchev–Trinajstić information content (AvgIpc) is 2.27. The largest absolute Gasteiger partial charge is 0.497 e. The van der Waals surface area contributed by atoms with Crippen molar-refractivity contribution in [3.05, 3.63) is 29.8 Å². The molecule has 16 heavy (non-hydrogen) atoms. The van der Waals surface area contributed by atoms with E-state index in [2.05, 4.69) is 26.0 Å². The van der Waals surface area contributed by atoms with Crippen LogP contribution in [-0.4, -0.2) is 23.6 Å². The number of hydrogen-bond donors (Lipinski definition) is 1. The van der Waals surface area contributed by atoms with Crippen molar-refractivity contribution in [3.63, 3.8) is 0 Å². The molecule has 1 aromatic carbocycles. The van der Waals surface area contributed by atoms with E-state index in [0.29, 0.717) is 0 Å². The Hall–Kier alpha value is -0.670. The van der Waals surface area contributed by atoms with Crippen LogP contribution in [0, 0.1) is 0 Å². The van der Waals surface area contributed by atoms with Crippen LogP contribution >= 0.6 is 11.8 Å². The lowest BCUT2D eigenvalue weighted by molar-refractivity contribution is 0.275. The molecule has 0 aliphatic carbocycles. The molecule has 0 unspecified atom stereocenters. The molecule has 1 rings (SSSR count). The van der Waals surface area contributed by atoms with E-state index >= 15 is 0 Å². The van der Waals surface area contributed by atoms with E-state index in [9.17, 15) is 0 Å². The Morgan fingerprint density at radius 1 is 1.25 bits per heavy atom. The Balaban J connectivity index is 2.48. The van der Waals surface area contributed by atoms with Crippen LogP contribution in [0.25, 0.3) is 0 Å². The summed E-state index contributed by atoms with van der Waals surface area (Å²) in [5.41, 5.74) is 1.29. The average molecular weight is 240 g/mol. The molecule has 0 bridgehead atoms. The third kappa shape index (κ3) is 4.45. The Morgan fingerprint density at radius 3 is 2.38 bits per heavy atom. The molecule has 0 heterocycles. The maximum atomic E-state index is 8.94. The van der Waals surface area contributed by atoms with Crippen LogP contribution in [0.1, 0.15) is 25.8 Å². The second kappa shape index (κ2) is 6.16. The van der Waals surface area contributed by atoms with Crippen molar-refractivity contribution in [2.24, 2.45) is 0 Å². The number of thioether (sulfide) groups is 1. The van der Waals surface area contributed by atoms with E-state index < -0.39 is 0 Å². The molecule has 0 atom stereocenters. The van der Waals surface area contributed by atoms with Gasteiger partial charge >= 0.3 is 0 Å². The summed E-state index contributed by atoms with van der Waals surface area (Å²) < 4.78 is 5.25. The highest BCUT2D eigenvalue weighted by Gasteiger charge is 2.17. The predicted octanol–water partition coefficient (Wildman–Crippen LogP) is 3.09. The Morgan fingerprint density at radius 2 is 1.88 bits per heavy atom. The van der Waals surface area contributed by atoms with E-state index in [-0.39, 0.29) is 11.4 Å². The van der Waals surface area contributed by atoms with E-state index in [1.807, 2.05) is 23.9 Å². The molecule has 3 heteroatoms. The number of ether oxygens (including phenoxy) is 1. The highest BCUT2D eigenvalue weighted by atomic mass is 32.2. The molecule has 0 aromatic heterocycles. The number of benzene rings is 1. The van der Waals surface area contributed by atoms with E-state index in [1.165, 1.54) is 5.56 Å². The second-order valence-electron chi connectivity index (χ2n) is 4.37. The summed E-state index contributed by atoms with van der Waals surface area (Å²) in [4.78, 5) is 0. The molecule has 1 aromatic rings. The zero-order chi connectivity index (χ0) is 12.0. The molecule has 0 amide bonds. The van der Waals surface area contributed by atoms with Crippen molar-refractivity contribution in [3.8, 4) is 5.75 Å². The summed E-state index contributed by atoms with van der Waals surface area (Å²) in [6.07, 6.45) is 0.827. The number of aliphatic hydroxyl groups excluding tert-OH is 1. The fraction of sp³-hybridized carbons (Fsp3) is 0.538. The van der Waals surface area contributed by atoms with Gasteiger partial charge in [0.15, 0.2) is 0 Å². The lowest BCUT2D eigenvalue weighted by Crippen LogP contribution is -2.16. The van der Waals surface area contributed by atoms with Crippen LogP contribution in [0.3, 0.4) is 0 Å². The SMILES string of the molecule is COc1ccc(CSC(C)(C)CCO)cc1. The molecule has 0 aliphatic rings. The minimum atomic E-state index is 0.134. The number of aliphatic hydroxyl groups is 1. The molecule has 0 aliphatic heterocycles. The first-order chi connectivity index (χ1) is 7.57. The van der Waals surface area contributed by atoms with Gasteiger partial charge in [0.1, 0.15) is 5.75 Å². The molecule has 90 valence electrons. The molecule has 0 fully saturated rings. The van der Waals surface area contributed by atoms with Gasteiger partial charge in [0.25, 0.3) is 0 Å². The monoisotopic (exact) mass is 240 g/mol. The van der Waals surface area contributed by atoms with Crippen LogP contribution in [-0.2, 0) is 5.75 Å². The maximum Gasteiger partial charge on any atom is 0.118 e. The van der Waals surface area contributed by atoms with Crippen LogP contribution in [0.2, 0.25) is 0 Å². The summed E-state index contributed by atoms with van der Waals surface area (Å²) in [6.45, 7) is 4.58. The molecule has 2 nitrogen and oxygen atoms in total. The van der Waals surface area contributed by atoms with Crippen molar-refractivity contribution in [2.45, 2.75) is 30.8 Å². The van der Waals surface area contributed by atoms with Gasteiger partial charge in [-0.05, 0) is 24.1 Å². The first-order valence-electron chi connectivity index (χ1n) is 5.45. The van der Waals surface area contributed by atoms with Crippen molar-refractivity contribution in [1.82, 2.24) is 0 Å². The smallest absolute Gasteiger partial charge is 0.118 e. The predicted molar refractivity (Wildman–Crippen MR) is 70.1 cm³/mol. The fourth-order valence-electron chi connectivity index (χ4n) is 1.34. The molecule has 1 N–H and O–H groups in total. The van der Waals surface area contributed by atoms with E-state index in [4.69, 9.17) is 9.84 Å². The number of hydrogen-bond acceptors (Lipinski definition) is 3. The highest BCUT2D eigenvalue weighted by molar-refractivity contribution is 7.99. The lowest BCUT2D eigenvalue weighted by atomic mass is 10.1. The normalized spacial score (nSPS) is 11.5. The third-order valence-electron chi connectivity index (χ3n) is 2.50. The standard InChI is InChI=1S/C13H20O2S/c1-13(2,8-9-14)16-10-11-4-6-12(15-3)7-5-11/h4-7,14H,8-10H2,1-3H3. The van der Waals surface area contributed by atoms with Gasteiger partial charge in [0, 0.05) is 17.1 Å². The molecule has 0 spiro atoms. The zero-order valence-electron chi connectivity index (χ0n) is 10.2. The number of rotatable bonds is 6. The molecule has 0 saturated carbocycles. The van der Waals surface area contributed by atoms with Gasteiger partial charge in [-0.2, -0.15) is 11.8 Å². The van der Waals surface area contributed by atoms with Crippen LogP contribution in [0.5, 0.6) is 5.75 Å². The first-order valence-corrected chi connectivity index (χ1v) is 6.44. The van der Waals surface area contributed by atoms with Crippen molar-refractivity contribution in [2.75, 3.05) is 13.7 Å². The van der Waals surface area contributed by atoms with Crippen LogP contribution in [0.15, 0.2) is 24.3 Å². The number of methoxy groups -OCH3 is 1. The third-order valence-corrected chi connectivity index (χ3v) is 3.97. The van der Waals surface area contributed by atoms with Crippen molar-refractivity contribution in [1.29, 1.82) is 0 Å². The van der Waals surface area contributed by atoms with Crippen LogP contribution < -0.4 is 4.74 Å². The fourth-order valence-corrected chi connectivity index (χ4v) is 2.33. The van der Waals surface area contributed by atoms with Gasteiger partial charge in [-0.3, -0.25) is 0 Å². The zero-order valence-corrected chi connectivity index (χ0v) is 11.0. The van der Waals surface area contributed by atoms with Gasteiger partial charge in [0.2, 0.25) is 0 Å². The first kappa shape index (κ1) is 13.4. The lowest BCUT2D eigenvalue weighted by Gasteiger charge is -2.22. The maximum absolute atomic E-state index is 8.94. The summed E-state index contributed by atoms with van der Waals surface area (Å²) in [5.74, 6) is 1.86. The van der Waals surface area contributed by atoms with Crippen molar-refractivity contribution >= 4 is 11.8 Å². The van der Waals surface area contributed by atoms with Gasteiger partial charge in [-0.15, -0.1) is 0 Å². The van der Waals surface area contributed by atoms with Gasteiger partial charge in [-0.25, -0.2) is 0 Å². The molecular formula is C13H20O2S. The quantitative estimate of drug-likeness (QED) is 0.828. The summed E-state index contributed by atoms with van der Waals surface area (Å²) >= 11 is 1.87. The second-order valence-corrected chi connectivity index (χ2v) is 6.05. The van der Waals surface area contributed by atoms with E-state index in [1.54, 1.807) is 7.11 Å².